The standard InChI is InChI=1S/C15H20N4O2/c1-11(2)15-17-16-13(18(15)3)9-19(10-14(20)21)12-7-5-4-6-8-12/h4-8,11H,9-10H2,1-3H3,(H,20,21). The molecule has 6 heteroatoms. The number of nitrogens with zero attached hydrogens (tertiary/aromatic N) is 4. The van der Waals surface area contributed by atoms with E-state index in [0.717, 1.165) is 17.3 Å². The molecule has 0 aliphatic heterocycles. The zero-order chi connectivity index (χ0) is 15.4. The van der Waals surface area contributed by atoms with Crippen molar-refractivity contribution in [2.45, 2.75) is 26.3 Å². The number of para-hydroxylation sites is 1. The van der Waals surface area contributed by atoms with Crippen LogP contribution in [0.1, 0.15) is 31.4 Å². The van der Waals surface area contributed by atoms with Crippen molar-refractivity contribution in [2.75, 3.05) is 11.4 Å². The molecule has 0 unspecified atom stereocenters. The van der Waals surface area contributed by atoms with Gasteiger partial charge in [0.2, 0.25) is 0 Å². The van der Waals surface area contributed by atoms with E-state index in [1.807, 2.05) is 41.9 Å². The lowest BCUT2D eigenvalue weighted by molar-refractivity contribution is -0.135. The second-order valence-corrected chi connectivity index (χ2v) is 5.27. The molecule has 1 aromatic heterocycles. The average Bonchev–Trinajstić information content (AvgIpc) is 2.80. The molecule has 1 N–H and O–H groups in total. The van der Waals surface area contributed by atoms with Gasteiger partial charge in [-0.15, -0.1) is 10.2 Å². The summed E-state index contributed by atoms with van der Waals surface area (Å²) in [6.07, 6.45) is 0. The quantitative estimate of drug-likeness (QED) is 0.880. The molecule has 0 saturated heterocycles. The van der Waals surface area contributed by atoms with Crippen LogP contribution in [0.2, 0.25) is 0 Å². The summed E-state index contributed by atoms with van der Waals surface area (Å²) in [7, 11) is 1.91. The number of carboxylic acid groups (broad SMARTS) is 1. The summed E-state index contributed by atoms with van der Waals surface area (Å²) < 4.78 is 1.93. The summed E-state index contributed by atoms with van der Waals surface area (Å²) in [5.74, 6) is 1.06. The van der Waals surface area contributed by atoms with E-state index in [4.69, 9.17) is 5.11 Å². The molecule has 0 amide bonds. The third-order valence-electron chi connectivity index (χ3n) is 3.29. The van der Waals surface area contributed by atoms with Gasteiger partial charge in [0, 0.05) is 18.7 Å². The lowest BCUT2D eigenvalue weighted by Crippen LogP contribution is -2.30. The molecule has 112 valence electrons. The average molecular weight is 288 g/mol. The van der Waals surface area contributed by atoms with Crippen LogP contribution in [0.25, 0.3) is 0 Å². The van der Waals surface area contributed by atoms with Gasteiger partial charge in [0.1, 0.15) is 12.4 Å². The molecule has 0 bridgehead atoms. The zero-order valence-corrected chi connectivity index (χ0v) is 12.5. The van der Waals surface area contributed by atoms with Crippen LogP contribution in [-0.4, -0.2) is 32.4 Å². The summed E-state index contributed by atoms with van der Waals surface area (Å²) in [5, 5.41) is 17.5. The normalized spacial score (nSPS) is 10.9. The largest absolute Gasteiger partial charge is 0.480 e. The monoisotopic (exact) mass is 288 g/mol. The van der Waals surface area contributed by atoms with Crippen LogP contribution in [0.15, 0.2) is 30.3 Å². The molecule has 21 heavy (non-hydrogen) atoms. The first-order chi connectivity index (χ1) is 9.99. The number of rotatable bonds is 6. The van der Waals surface area contributed by atoms with Gasteiger partial charge in [-0.1, -0.05) is 32.0 Å². The Morgan fingerprint density at radius 2 is 1.95 bits per heavy atom. The lowest BCUT2D eigenvalue weighted by Gasteiger charge is -2.22. The summed E-state index contributed by atoms with van der Waals surface area (Å²) in [6, 6.07) is 9.47. The zero-order valence-electron chi connectivity index (χ0n) is 12.5. The highest BCUT2D eigenvalue weighted by atomic mass is 16.4. The van der Waals surface area contributed by atoms with E-state index >= 15 is 0 Å². The second-order valence-electron chi connectivity index (χ2n) is 5.27. The predicted molar refractivity (Wildman–Crippen MR) is 80.2 cm³/mol. The third kappa shape index (κ3) is 3.59. The van der Waals surface area contributed by atoms with Gasteiger partial charge >= 0.3 is 5.97 Å². The molecule has 1 heterocycles. The minimum Gasteiger partial charge on any atom is -0.480 e. The fourth-order valence-electron chi connectivity index (χ4n) is 2.23. The Morgan fingerprint density at radius 1 is 1.29 bits per heavy atom. The van der Waals surface area contributed by atoms with Crippen molar-refractivity contribution < 1.29 is 9.90 Å². The third-order valence-corrected chi connectivity index (χ3v) is 3.29. The highest BCUT2D eigenvalue weighted by Crippen LogP contribution is 2.17. The maximum absolute atomic E-state index is 11.1. The van der Waals surface area contributed by atoms with Crippen molar-refractivity contribution in [1.82, 2.24) is 14.8 Å². The van der Waals surface area contributed by atoms with Gasteiger partial charge in [0.05, 0.1) is 6.54 Å². The van der Waals surface area contributed by atoms with Crippen molar-refractivity contribution in [3.05, 3.63) is 42.0 Å². The molecule has 0 aliphatic carbocycles. The molecular weight excluding hydrogens is 268 g/mol. The molecule has 0 fully saturated rings. The number of hydrogen-bond donors (Lipinski definition) is 1. The number of aromatic nitrogens is 3. The van der Waals surface area contributed by atoms with Gasteiger partial charge in [0.25, 0.3) is 0 Å². The van der Waals surface area contributed by atoms with E-state index in [2.05, 4.69) is 24.0 Å². The fraction of sp³-hybridized carbons (Fsp3) is 0.400. The molecule has 0 aliphatic rings. The summed E-state index contributed by atoms with van der Waals surface area (Å²) >= 11 is 0. The van der Waals surface area contributed by atoms with Crippen LogP contribution in [0, 0.1) is 0 Å². The van der Waals surface area contributed by atoms with Gasteiger partial charge in [-0.3, -0.25) is 4.79 Å². The maximum atomic E-state index is 11.1. The molecular formula is C15H20N4O2. The van der Waals surface area contributed by atoms with Crippen molar-refractivity contribution >= 4 is 11.7 Å². The summed E-state index contributed by atoms with van der Waals surface area (Å²) in [6.45, 7) is 4.44. The Morgan fingerprint density at radius 3 is 2.48 bits per heavy atom. The van der Waals surface area contributed by atoms with E-state index in [0.29, 0.717) is 6.54 Å². The van der Waals surface area contributed by atoms with E-state index in [1.165, 1.54) is 0 Å². The van der Waals surface area contributed by atoms with Gasteiger partial charge in [0.15, 0.2) is 5.82 Å². The van der Waals surface area contributed by atoms with Crippen LogP contribution in [0.5, 0.6) is 0 Å². The van der Waals surface area contributed by atoms with Crippen LogP contribution < -0.4 is 4.90 Å². The summed E-state index contributed by atoms with van der Waals surface area (Å²) in [4.78, 5) is 12.9. The number of carbonyl (C=O) groups is 1. The Bertz CT molecular complexity index is 607. The van der Waals surface area contributed by atoms with Crippen LogP contribution in [0.3, 0.4) is 0 Å². The maximum Gasteiger partial charge on any atom is 0.323 e. The number of hydrogen-bond acceptors (Lipinski definition) is 4. The summed E-state index contributed by atoms with van der Waals surface area (Å²) in [5.41, 5.74) is 0.856. The van der Waals surface area contributed by atoms with Crippen molar-refractivity contribution in [3.63, 3.8) is 0 Å². The van der Waals surface area contributed by atoms with Gasteiger partial charge in [-0.2, -0.15) is 0 Å². The first-order valence-electron chi connectivity index (χ1n) is 6.89. The molecule has 0 saturated carbocycles. The fourth-order valence-corrected chi connectivity index (χ4v) is 2.23. The van der Waals surface area contributed by atoms with E-state index in [-0.39, 0.29) is 12.5 Å². The molecule has 0 atom stereocenters. The molecule has 0 spiro atoms. The van der Waals surface area contributed by atoms with Gasteiger partial charge in [-0.05, 0) is 12.1 Å². The molecule has 1 aromatic carbocycles. The van der Waals surface area contributed by atoms with Crippen LogP contribution in [-0.2, 0) is 18.4 Å². The Labute approximate surface area is 124 Å². The smallest absolute Gasteiger partial charge is 0.323 e. The Kier molecular flexibility index (Phi) is 4.57. The first-order valence-corrected chi connectivity index (χ1v) is 6.89. The molecule has 2 aromatic rings. The number of anilines is 1. The van der Waals surface area contributed by atoms with Crippen LogP contribution >= 0.6 is 0 Å². The van der Waals surface area contributed by atoms with E-state index < -0.39 is 5.97 Å². The van der Waals surface area contributed by atoms with Gasteiger partial charge < -0.3 is 14.6 Å². The molecule has 2 rings (SSSR count). The second kappa shape index (κ2) is 6.39. The number of carboxylic acids is 1. The van der Waals surface area contributed by atoms with Crippen molar-refractivity contribution in [1.29, 1.82) is 0 Å². The lowest BCUT2D eigenvalue weighted by atomic mass is 10.2. The minimum atomic E-state index is -0.870. The molecule has 0 radical (unpaired) electrons. The molecule has 6 nitrogen and oxygen atoms in total. The first kappa shape index (κ1) is 15.0. The van der Waals surface area contributed by atoms with Crippen molar-refractivity contribution in [3.8, 4) is 0 Å². The predicted octanol–water partition coefficient (Wildman–Crippen LogP) is 2.03. The Hall–Kier alpha value is -2.37. The van der Waals surface area contributed by atoms with E-state index in [1.54, 1.807) is 4.90 Å². The SMILES string of the molecule is CC(C)c1nnc(CN(CC(=O)O)c2ccccc2)n1C. The Balaban J connectivity index is 2.25. The van der Waals surface area contributed by atoms with Gasteiger partial charge in [-0.25, -0.2) is 0 Å². The number of aliphatic carboxylic acids is 1. The minimum absolute atomic E-state index is 0.0755. The highest BCUT2D eigenvalue weighted by molar-refractivity contribution is 5.73. The topological polar surface area (TPSA) is 71.2 Å². The van der Waals surface area contributed by atoms with Crippen molar-refractivity contribution in [2.24, 2.45) is 7.05 Å². The van der Waals surface area contributed by atoms with Crippen LogP contribution in [0.4, 0.5) is 5.69 Å². The van der Waals surface area contributed by atoms with E-state index in [9.17, 15) is 4.79 Å². The number of benzene rings is 1. The highest BCUT2D eigenvalue weighted by Gasteiger charge is 2.17.